The number of rotatable bonds is 6. The number of para-hydroxylation sites is 1. The fourth-order valence-corrected chi connectivity index (χ4v) is 2.37. The summed E-state index contributed by atoms with van der Waals surface area (Å²) in [5, 5.41) is 27.0. The van der Waals surface area contributed by atoms with Crippen molar-refractivity contribution in [3.8, 4) is 6.07 Å². The minimum absolute atomic E-state index is 0.0303. The van der Waals surface area contributed by atoms with Gasteiger partial charge >= 0.3 is 5.69 Å². The van der Waals surface area contributed by atoms with E-state index in [-0.39, 0.29) is 17.1 Å². The Labute approximate surface area is 142 Å². The maximum Gasteiger partial charge on any atom is 0.328 e. The van der Waals surface area contributed by atoms with Crippen molar-refractivity contribution in [2.24, 2.45) is 0 Å². The molecule has 3 aromatic rings. The first kappa shape index (κ1) is 16.1. The van der Waals surface area contributed by atoms with E-state index in [2.05, 4.69) is 25.6 Å². The van der Waals surface area contributed by atoms with Crippen LogP contribution in [-0.4, -0.2) is 33.0 Å². The number of nitrogens with zero attached hydrogens (tertiary/aromatic N) is 5. The predicted octanol–water partition coefficient (Wildman–Crippen LogP) is 2.33. The second-order valence-electron chi connectivity index (χ2n) is 5.02. The number of aromatic nitrogens is 3. The molecule has 124 valence electrons. The summed E-state index contributed by atoms with van der Waals surface area (Å²) in [5.74, 6) is 0.749. The maximum atomic E-state index is 11.1. The molecule has 0 saturated heterocycles. The van der Waals surface area contributed by atoms with Gasteiger partial charge in [0.05, 0.1) is 10.4 Å². The molecule has 0 aliphatic carbocycles. The number of nitrogens with one attached hydrogen (secondary N) is 2. The van der Waals surface area contributed by atoms with Crippen LogP contribution in [0.1, 0.15) is 5.56 Å². The van der Waals surface area contributed by atoms with E-state index in [0.29, 0.717) is 18.9 Å². The highest BCUT2D eigenvalue weighted by Crippen LogP contribution is 2.25. The van der Waals surface area contributed by atoms with Crippen LogP contribution >= 0.6 is 0 Å². The lowest BCUT2D eigenvalue weighted by molar-refractivity contribution is -0.384. The zero-order chi connectivity index (χ0) is 17.6. The molecule has 25 heavy (non-hydrogen) atoms. The molecule has 0 bridgehead atoms. The lowest BCUT2D eigenvalue weighted by Gasteiger charge is -2.10. The van der Waals surface area contributed by atoms with Gasteiger partial charge in [0.15, 0.2) is 0 Å². The number of hydrogen-bond donors (Lipinski definition) is 2. The number of anilines is 2. The van der Waals surface area contributed by atoms with E-state index < -0.39 is 4.92 Å². The quantitative estimate of drug-likeness (QED) is 0.399. The van der Waals surface area contributed by atoms with Gasteiger partial charge in [-0.05, 0) is 18.2 Å². The van der Waals surface area contributed by atoms with E-state index in [1.165, 1.54) is 18.6 Å². The molecule has 2 aromatic heterocycles. The molecule has 2 heterocycles. The van der Waals surface area contributed by atoms with Gasteiger partial charge in [-0.1, -0.05) is 12.1 Å². The van der Waals surface area contributed by atoms with Crippen LogP contribution in [0.25, 0.3) is 10.9 Å². The number of hydrogen-bond acceptors (Lipinski definition) is 8. The van der Waals surface area contributed by atoms with E-state index in [1.54, 1.807) is 6.07 Å². The van der Waals surface area contributed by atoms with Crippen LogP contribution in [-0.2, 0) is 0 Å². The number of pyridine rings is 1. The molecule has 3 rings (SSSR count). The molecule has 0 atom stereocenters. The molecule has 0 fully saturated rings. The molecule has 9 nitrogen and oxygen atoms in total. The topological polar surface area (TPSA) is 130 Å². The molecule has 0 spiro atoms. The zero-order valence-electron chi connectivity index (χ0n) is 13.0. The Morgan fingerprint density at radius 1 is 1.08 bits per heavy atom. The van der Waals surface area contributed by atoms with Crippen LogP contribution in [0.4, 0.5) is 17.3 Å². The average Bonchev–Trinajstić information content (AvgIpc) is 2.64. The van der Waals surface area contributed by atoms with E-state index in [4.69, 9.17) is 5.26 Å². The molecule has 0 unspecified atom stereocenters. The standard InChI is InChI=1S/C16H13N7O2/c17-9-11-5-6-18-16(14(11)23(24)25)20-8-7-19-15-12-3-1-2-4-13(12)21-10-22-15/h1-6,10H,7-8H2,(H,18,20)(H,19,21,22). The van der Waals surface area contributed by atoms with Crippen LogP contribution < -0.4 is 10.6 Å². The van der Waals surface area contributed by atoms with Crippen molar-refractivity contribution in [2.75, 3.05) is 23.7 Å². The van der Waals surface area contributed by atoms with Crippen LogP contribution in [0.3, 0.4) is 0 Å². The Morgan fingerprint density at radius 3 is 2.60 bits per heavy atom. The second-order valence-corrected chi connectivity index (χ2v) is 5.02. The summed E-state index contributed by atoms with van der Waals surface area (Å²) in [6.07, 6.45) is 2.83. The summed E-state index contributed by atoms with van der Waals surface area (Å²) in [6, 6.07) is 10.7. The van der Waals surface area contributed by atoms with Crippen molar-refractivity contribution in [2.45, 2.75) is 0 Å². The minimum atomic E-state index is -0.612. The van der Waals surface area contributed by atoms with Crippen molar-refractivity contribution in [1.82, 2.24) is 15.0 Å². The van der Waals surface area contributed by atoms with Gasteiger partial charge < -0.3 is 10.6 Å². The van der Waals surface area contributed by atoms with Crippen molar-refractivity contribution < 1.29 is 4.92 Å². The van der Waals surface area contributed by atoms with Crippen LogP contribution in [0, 0.1) is 21.4 Å². The van der Waals surface area contributed by atoms with Gasteiger partial charge in [0.2, 0.25) is 5.82 Å². The van der Waals surface area contributed by atoms with Gasteiger partial charge in [-0.3, -0.25) is 10.1 Å². The second kappa shape index (κ2) is 7.18. The van der Waals surface area contributed by atoms with Crippen LogP contribution in [0.5, 0.6) is 0 Å². The highest BCUT2D eigenvalue weighted by Gasteiger charge is 2.20. The number of nitro groups is 1. The smallest absolute Gasteiger partial charge is 0.328 e. The molecule has 0 saturated carbocycles. The maximum absolute atomic E-state index is 11.1. The number of nitriles is 1. The molecule has 1 aromatic carbocycles. The number of fused-ring (bicyclic) bond motifs is 1. The van der Waals surface area contributed by atoms with Gasteiger partial charge in [-0.2, -0.15) is 5.26 Å². The van der Waals surface area contributed by atoms with Gasteiger partial charge in [-0.15, -0.1) is 0 Å². The van der Waals surface area contributed by atoms with E-state index in [1.807, 2.05) is 24.3 Å². The Balaban J connectivity index is 1.68. The van der Waals surface area contributed by atoms with E-state index >= 15 is 0 Å². The summed E-state index contributed by atoms with van der Waals surface area (Å²) < 4.78 is 0. The monoisotopic (exact) mass is 335 g/mol. The first-order valence-electron chi connectivity index (χ1n) is 7.41. The van der Waals surface area contributed by atoms with Crippen LogP contribution in [0.15, 0.2) is 42.9 Å². The SMILES string of the molecule is N#Cc1ccnc(NCCNc2ncnc3ccccc23)c1[N+](=O)[O-]. The molecule has 0 aliphatic heterocycles. The third-order valence-corrected chi connectivity index (χ3v) is 3.48. The fourth-order valence-electron chi connectivity index (χ4n) is 2.37. The van der Waals surface area contributed by atoms with E-state index in [0.717, 1.165) is 10.9 Å². The van der Waals surface area contributed by atoms with Gasteiger partial charge in [0.25, 0.3) is 0 Å². The molecular weight excluding hydrogens is 322 g/mol. The molecular formula is C16H13N7O2. The largest absolute Gasteiger partial charge is 0.368 e. The molecule has 0 radical (unpaired) electrons. The van der Waals surface area contributed by atoms with Crippen molar-refractivity contribution in [3.05, 3.63) is 58.5 Å². The van der Waals surface area contributed by atoms with Gasteiger partial charge in [0.1, 0.15) is 23.8 Å². The minimum Gasteiger partial charge on any atom is -0.368 e. The van der Waals surface area contributed by atoms with Crippen molar-refractivity contribution in [3.63, 3.8) is 0 Å². The Bertz CT molecular complexity index is 963. The van der Waals surface area contributed by atoms with Gasteiger partial charge in [0, 0.05) is 24.7 Å². The summed E-state index contributed by atoms with van der Waals surface area (Å²) in [7, 11) is 0. The zero-order valence-corrected chi connectivity index (χ0v) is 13.0. The third-order valence-electron chi connectivity index (χ3n) is 3.48. The molecule has 2 N–H and O–H groups in total. The normalized spacial score (nSPS) is 10.2. The predicted molar refractivity (Wildman–Crippen MR) is 92.1 cm³/mol. The summed E-state index contributed by atoms with van der Waals surface area (Å²) in [4.78, 5) is 22.9. The fraction of sp³-hybridized carbons (Fsp3) is 0.125. The lowest BCUT2D eigenvalue weighted by atomic mass is 10.2. The summed E-state index contributed by atoms with van der Waals surface area (Å²) in [5.41, 5.74) is 0.474. The lowest BCUT2D eigenvalue weighted by Crippen LogP contribution is -2.16. The third kappa shape index (κ3) is 3.42. The molecule has 0 amide bonds. The Hall–Kier alpha value is -3.80. The average molecular weight is 335 g/mol. The molecule has 0 aliphatic rings. The molecule has 9 heteroatoms. The number of benzene rings is 1. The van der Waals surface area contributed by atoms with Gasteiger partial charge in [-0.25, -0.2) is 15.0 Å². The first-order valence-corrected chi connectivity index (χ1v) is 7.41. The summed E-state index contributed by atoms with van der Waals surface area (Å²) >= 11 is 0. The first-order chi connectivity index (χ1) is 12.2. The highest BCUT2D eigenvalue weighted by molar-refractivity contribution is 5.88. The highest BCUT2D eigenvalue weighted by atomic mass is 16.6. The van der Waals surface area contributed by atoms with Crippen molar-refractivity contribution in [1.29, 1.82) is 5.26 Å². The van der Waals surface area contributed by atoms with Crippen LogP contribution in [0.2, 0.25) is 0 Å². The van der Waals surface area contributed by atoms with Crippen molar-refractivity contribution >= 4 is 28.2 Å². The Kier molecular flexibility index (Phi) is 4.62. The van der Waals surface area contributed by atoms with E-state index in [9.17, 15) is 10.1 Å². The summed E-state index contributed by atoms with van der Waals surface area (Å²) in [6.45, 7) is 0.817. The Morgan fingerprint density at radius 2 is 1.84 bits per heavy atom.